The zero-order valence-corrected chi connectivity index (χ0v) is 13.8. The molecule has 23 heavy (non-hydrogen) atoms. The fraction of sp³-hybridized carbons (Fsp3) is 0.368. The Hall–Kier alpha value is -2.54. The van der Waals surface area contributed by atoms with Gasteiger partial charge in [0.05, 0.1) is 11.1 Å². The molecule has 1 aliphatic rings. The molecule has 1 amide bonds. The topological polar surface area (TPSA) is 46.6 Å². The van der Waals surface area contributed by atoms with Crippen LogP contribution in [0.4, 0.5) is 0 Å². The minimum atomic E-state index is -0.964. The van der Waals surface area contributed by atoms with Crippen LogP contribution in [-0.4, -0.2) is 28.9 Å². The summed E-state index contributed by atoms with van der Waals surface area (Å²) < 4.78 is 5.66. The molecule has 1 aromatic rings. The van der Waals surface area contributed by atoms with Crippen molar-refractivity contribution in [2.75, 3.05) is 6.73 Å². The first-order valence-corrected chi connectivity index (χ1v) is 7.57. The second-order valence-corrected chi connectivity index (χ2v) is 5.99. The molecule has 4 heteroatoms. The monoisotopic (exact) mass is 311 g/mol. The summed E-state index contributed by atoms with van der Waals surface area (Å²) >= 11 is 0. The van der Waals surface area contributed by atoms with E-state index in [1.54, 1.807) is 20.8 Å². The summed E-state index contributed by atoms with van der Waals surface area (Å²) in [6.45, 7) is 5.30. The van der Waals surface area contributed by atoms with Crippen molar-refractivity contribution in [1.82, 2.24) is 4.90 Å². The van der Waals surface area contributed by atoms with Gasteiger partial charge in [-0.2, -0.15) is 0 Å². The highest BCUT2D eigenvalue weighted by Gasteiger charge is 2.41. The Morgan fingerprint density at radius 2 is 2.00 bits per heavy atom. The number of amides is 1. The van der Waals surface area contributed by atoms with E-state index in [9.17, 15) is 9.59 Å². The number of ketones is 1. The normalized spacial score (nSPS) is 15.2. The SMILES string of the molecule is C#CCCC(=O)C(C)(C)N1COC(C)=C(c2ccccc2)C1=O. The maximum atomic E-state index is 13.0. The Morgan fingerprint density at radius 3 is 2.61 bits per heavy atom. The van der Waals surface area contributed by atoms with Crippen LogP contribution in [0.3, 0.4) is 0 Å². The van der Waals surface area contributed by atoms with Gasteiger partial charge in [0.1, 0.15) is 5.76 Å². The van der Waals surface area contributed by atoms with Gasteiger partial charge >= 0.3 is 0 Å². The van der Waals surface area contributed by atoms with Crippen molar-refractivity contribution < 1.29 is 14.3 Å². The number of ether oxygens (including phenoxy) is 1. The highest BCUT2D eigenvalue weighted by Crippen LogP contribution is 2.31. The average molecular weight is 311 g/mol. The second kappa shape index (κ2) is 6.70. The van der Waals surface area contributed by atoms with Crippen LogP contribution in [0, 0.1) is 12.3 Å². The van der Waals surface area contributed by atoms with Gasteiger partial charge < -0.3 is 4.74 Å². The number of Topliss-reactive ketones (excluding diaryl/α,β-unsaturated/α-hetero) is 1. The predicted molar refractivity (Wildman–Crippen MR) is 89.0 cm³/mol. The third-order valence-corrected chi connectivity index (χ3v) is 4.14. The summed E-state index contributed by atoms with van der Waals surface area (Å²) in [4.78, 5) is 26.9. The van der Waals surface area contributed by atoms with Crippen LogP contribution in [-0.2, 0) is 14.3 Å². The fourth-order valence-corrected chi connectivity index (χ4v) is 2.57. The molecule has 1 heterocycles. The molecule has 0 aromatic heterocycles. The molecule has 0 saturated carbocycles. The van der Waals surface area contributed by atoms with E-state index in [2.05, 4.69) is 5.92 Å². The van der Waals surface area contributed by atoms with Gasteiger partial charge in [-0.15, -0.1) is 12.3 Å². The minimum Gasteiger partial charge on any atom is -0.477 e. The van der Waals surface area contributed by atoms with Gasteiger partial charge in [0.2, 0.25) is 0 Å². The van der Waals surface area contributed by atoms with Gasteiger partial charge in [-0.3, -0.25) is 14.5 Å². The smallest absolute Gasteiger partial charge is 0.261 e. The summed E-state index contributed by atoms with van der Waals surface area (Å²) in [5.74, 6) is 2.77. The first kappa shape index (κ1) is 16.8. The van der Waals surface area contributed by atoms with Crippen LogP contribution in [0.5, 0.6) is 0 Å². The first-order chi connectivity index (χ1) is 10.9. The number of rotatable bonds is 5. The number of nitrogens with zero attached hydrogens (tertiary/aromatic N) is 1. The number of terminal acetylenes is 1. The first-order valence-electron chi connectivity index (χ1n) is 7.57. The lowest BCUT2D eigenvalue weighted by molar-refractivity contribution is -0.148. The fourth-order valence-electron chi connectivity index (χ4n) is 2.57. The van der Waals surface area contributed by atoms with Crippen LogP contribution in [0.1, 0.15) is 39.2 Å². The summed E-state index contributed by atoms with van der Waals surface area (Å²) in [7, 11) is 0. The van der Waals surface area contributed by atoms with Crippen LogP contribution >= 0.6 is 0 Å². The number of benzene rings is 1. The predicted octanol–water partition coefficient (Wildman–Crippen LogP) is 3.00. The molecule has 4 nitrogen and oxygen atoms in total. The molecule has 0 unspecified atom stereocenters. The molecule has 0 bridgehead atoms. The summed E-state index contributed by atoms with van der Waals surface area (Å²) in [6, 6.07) is 9.34. The molecule has 0 spiro atoms. The average Bonchev–Trinajstić information content (AvgIpc) is 2.53. The molecule has 0 saturated heterocycles. The Kier molecular flexibility index (Phi) is 4.90. The molecule has 1 aliphatic heterocycles. The van der Waals surface area contributed by atoms with E-state index in [-0.39, 0.29) is 24.8 Å². The lowest BCUT2D eigenvalue weighted by atomic mass is 9.91. The van der Waals surface area contributed by atoms with E-state index < -0.39 is 5.54 Å². The lowest BCUT2D eigenvalue weighted by Gasteiger charge is -2.40. The van der Waals surface area contributed by atoms with Crippen LogP contribution in [0.15, 0.2) is 36.1 Å². The molecular formula is C19H21NO3. The van der Waals surface area contributed by atoms with Crippen molar-refractivity contribution in [3.63, 3.8) is 0 Å². The van der Waals surface area contributed by atoms with Gasteiger partial charge in [-0.05, 0) is 26.3 Å². The quantitative estimate of drug-likeness (QED) is 0.785. The van der Waals surface area contributed by atoms with Crippen LogP contribution in [0.25, 0.3) is 5.57 Å². The van der Waals surface area contributed by atoms with Gasteiger partial charge in [0.25, 0.3) is 5.91 Å². The Labute approximate surface area is 137 Å². The Bertz CT molecular complexity index is 680. The number of allylic oxidation sites excluding steroid dienone is 1. The Balaban J connectivity index is 2.32. The molecule has 0 N–H and O–H groups in total. The van der Waals surface area contributed by atoms with Crippen molar-refractivity contribution in [3.05, 3.63) is 41.7 Å². The van der Waals surface area contributed by atoms with Crippen molar-refractivity contribution in [1.29, 1.82) is 0 Å². The minimum absolute atomic E-state index is 0.0653. The van der Waals surface area contributed by atoms with E-state index in [1.165, 1.54) is 4.90 Å². The third-order valence-electron chi connectivity index (χ3n) is 4.14. The third kappa shape index (κ3) is 3.29. The molecular weight excluding hydrogens is 290 g/mol. The zero-order chi connectivity index (χ0) is 17.0. The van der Waals surface area contributed by atoms with Gasteiger partial charge in [0.15, 0.2) is 12.5 Å². The van der Waals surface area contributed by atoms with Crippen molar-refractivity contribution in [3.8, 4) is 12.3 Å². The van der Waals surface area contributed by atoms with Gasteiger partial charge in [0, 0.05) is 12.8 Å². The summed E-state index contributed by atoms with van der Waals surface area (Å²) in [5.41, 5.74) is 0.315. The van der Waals surface area contributed by atoms with E-state index in [0.29, 0.717) is 17.8 Å². The Morgan fingerprint density at radius 1 is 1.35 bits per heavy atom. The largest absolute Gasteiger partial charge is 0.477 e. The highest BCUT2D eigenvalue weighted by atomic mass is 16.5. The van der Waals surface area contributed by atoms with Crippen LogP contribution < -0.4 is 0 Å². The van der Waals surface area contributed by atoms with Crippen molar-refractivity contribution in [2.45, 2.75) is 39.2 Å². The molecule has 0 atom stereocenters. The lowest BCUT2D eigenvalue weighted by Crippen LogP contribution is -2.55. The number of hydrogen-bond acceptors (Lipinski definition) is 3. The van der Waals surface area contributed by atoms with Crippen molar-refractivity contribution in [2.24, 2.45) is 0 Å². The summed E-state index contributed by atoms with van der Waals surface area (Å²) in [6.07, 6.45) is 5.84. The maximum Gasteiger partial charge on any atom is 0.261 e. The van der Waals surface area contributed by atoms with E-state index >= 15 is 0 Å². The number of carbonyl (C=O) groups is 2. The molecule has 1 aromatic carbocycles. The highest BCUT2D eigenvalue weighted by molar-refractivity contribution is 6.21. The molecule has 0 aliphatic carbocycles. The number of carbonyl (C=O) groups excluding carboxylic acids is 2. The van der Waals surface area contributed by atoms with Crippen molar-refractivity contribution >= 4 is 17.3 Å². The van der Waals surface area contributed by atoms with Crippen LogP contribution in [0.2, 0.25) is 0 Å². The second-order valence-electron chi connectivity index (χ2n) is 5.99. The summed E-state index contributed by atoms with van der Waals surface area (Å²) in [5, 5.41) is 0. The van der Waals surface area contributed by atoms with E-state index in [1.807, 2.05) is 30.3 Å². The molecule has 2 rings (SSSR count). The maximum absolute atomic E-state index is 13.0. The standard InChI is InChI=1S/C19H21NO3/c1-5-6-12-16(21)19(3,4)20-13-23-14(2)17(18(20)22)15-10-8-7-9-11-15/h1,7-11H,6,12-13H2,2-4H3. The molecule has 0 fully saturated rings. The van der Waals surface area contributed by atoms with Gasteiger partial charge in [-0.25, -0.2) is 0 Å². The van der Waals surface area contributed by atoms with Gasteiger partial charge in [-0.1, -0.05) is 30.3 Å². The molecule has 0 radical (unpaired) electrons. The van der Waals surface area contributed by atoms with E-state index in [0.717, 1.165) is 5.56 Å². The van der Waals surface area contributed by atoms with E-state index in [4.69, 9.17) is 11.2 Å². The molecule has 120 valence electrons. The zero-order valence-electron chi connectivity index (χ0n) is 13.8. The number of hydrogen-bond donors (Lipinski definition) is 0.